The zero-order chi connectivity index (χ0) is 21.2. The van der Waals surface area contributed by atoms with Gasteiger partial charge in [0.2, 0.25) is 11.6 Å². The van der Waals surface area contributed by atoms with E-state index in [1.165, 1.54) is 38.5 Å². The van der Waals surface area contributed by atoms with E-state index in [2.05, 4.69) is 22.9 Å². The normalized spacial score (nSPS) is 14.8. The molecule has 0 amide bonds. The molecular weight excluding hydrogens is 432 g/mol. The van der Waals surface area contributed by atoms with E-state index in [9.17, 15) is 19.8 Å². The van der Waals surface area contributed by atoms with Gasteiger partial charge in [-0.3, -0.25) is 9.59 Å². The summed E-state index contributed by atoms with van der Waals surface area (Å²) in [4.78, 5) is 25.1. The van der Waals surface area contributed by atoms with Crippen LogP contribution < -0.4 is 0 Å². The summed E-state index contributed by atoms with van der Waals surface area (Å²) in [6.07, 6.45) is 10.7. The summed E-state index contributed by atoms with van der Waals surface area (Å²) in [5.41, 5.74) is 0.770. The highest BCUT2D eigenvalue weighted by atomic mass is 79.9. The second kappa shape index (κ2) is 12.0. The summed E-state index contributed by atoms with van der Waals surface area (Å²) in [5, 5.41) is 20.7. The molecule has 0 radical (unpaired) electrons. The molecule has 2 rings (SSSR count). The summed E-state index contributed by atoms with van der Waals surface area (Å²) in [6.45, 7) is 2.21. The third kappa shape index (κ3) is 6.56. The van der Waals surface area contributed by atoms with Crippen LogP contribution in [0.5, 0.6) is 0 Å². The van der Waals surface area contributed by atoms with E-state index in [1.54, 1.807) is 6.07 Å². The Hall–Kier alpha value is -1.88. The zero-order valence-electron chi connectivity index (χ0n) is 17.2. The fraction of sp³-hybridized carbons (Fsp3) is 0.500. The molecule has 0 saturated heterocycles. The molecule has 0 aromatic heterocycles. The Kier molecular flexibility index (Phi) is 9.65. The maximum Gasteiger partial charge on any atom is 0.227 e. The number of rotatable bonds is 12. The van der Waals surface area contributed by atoms with Gasteiger partial charge in [0.15, 0.2) is 11.5 Å². The lowest BCUT2D eigenvalue weighted by Gasteiger charge is -2.18. The third-order valence-electron chi connectivity index (χ3n) is 5.41. The number of ketones is 2. The van der Waals surface area contributed by atoms with Crippen molar-refractivity contribution in [2.45, 2.75) is 77.6 Å². The van der Waals surface area contributed by atoms with E-state index < -0.39 is 23.1 Å². The molecule has 0 unspecified atom stereocenters. The van der Waals surface area contributed by atoms with Crippen LogP contribution in [0.4, 0.5) is 0 Å². The highest BCUT2D eigenvalue weighted by Gasteiger charge is 2.34. The summed E-state index contributed by atoms with van der Waals surface area (Å²) in [5.74, 6) is -2.31. The molecule has 0 spiro atoms. The number of hydrogen-bond donors (Lipinski definition) is 2. The molecule has 158 valence electrons. The van der Waals surface area contributed by atoms with Crippen LogP contribution in [0.25, 0.3) is 0 Å². The van der Waals surface area contributed by atoms with Crippen LogP contribution in [0.3, 0.4) is 0 Å². The molecular formula is C24H31BrO4. The van der Waals surface area contributed by atoms with Gasteiger partial charge in [0.1, 0.15) is 0 Å². The average molecular weight is 463 g/mol. The van der Waals surface area contributed by atoms with Gasteiger partial charge in [-0.15, -0.1) is 0 Å². The van der Waals surface area contributed by atoms with E-state index in [1.807, 2.05) is 18.2 Å². The Balaban J connectivity index is 1.88. The summed E-state index contributed by atoms with van der Waals surface area (Å²) in [7, 11) is 0. The maximum atomic E-state index is 12.6. The summed E-state index contributed by atoms with van der Waals surface area (Å²) in [6, 6.07) is 7.29. The molecule has 0 aliphatic heterocycles. The van der Waals surface area contributed by atoms with Crippen molar-refractivity contribution in [3.8, 4) is 0 Å². The highest BCUT2D eigenvalue weighted by Crippen LogP contribution is 2.29. The van der Waals surface area contributed by atoms with Gasteiger partial charge < -0.3 is 10.2 Å². The highest BCUT2D eigenvalue weighted by molar-refractivity contribution is 9.10. The number of aliphatic hydroxyl groups is 2. The second-order valence-electron chi connectivity index (χ2n) is 7.66. The molecule has 4 nitrogen and oxygen atoms in total. The molecule has 0 fully saturated rings. The van der Waals surface area contributed by atoms with Gasteiger partial charge in [0.05, 0.1) is 5.57 Å². The van der Waals surface area contributed by atoms with Crippen molar-refractivity contribution in [3.63, 3.8) is 0 Å². The van der Waals surface area contributed by atoms with Crippen LogP contribution >= 0.6 is 15.9 Å². The fourth-order valence-corrected chi connectivity index (χ4v) is 4.04. The molecule has 1 aromatic carbocycles. The van der Waals surface area contributed by atoms with Crippen molar-refractivity contribution in [1.82, 2.24) is 0 Å². The minimum atomic E-state index is -0.649. The number of hydrogen-bond acceptors (Lipinski definition) is 4. The van der Waals surface area contributed by atoms with Crippen LogP contribution in [0.15, 0.2) is 51.4 Å². The van der Waals surface area contributed by atoms with Gasteiger partial charge in [-0.25, -0.2) is 0 Å². The molecule has 1 aromatic rings. The van der Waals surface area contributed by atoms with Gasteiger partial charge >= 0.3 is 0 Å². The third-order valence-corrected chi connectivity index (χ3v) is 6.18. The molecule has 1 aliphatic carbocycles. The van der Waals surface area contributed by atoms with E-state index >= 15 is 0 Å². The summed E-state index contributed by atoms with van der Waals surface area (Å²) < 4.78 is 0.782. The number of unbranched alkanes of at least 4 members (excludes halogenated alkanes) is 8. The van der Waals surface area contributed by atoms with Gasteiger partial charge in [0.25, 0.3) is 0 Å². The lowest BCUT2D eigenvalue weighted by Crippen LogP contribution is -2.25. The van der Waals surface area contributed by atoms with Gasteiger partial charge in [-0.1, -0.05) is 92.4 Å². The number of benzene rings is 1. The smallest absolute Gasteiger partial charge is 0.227 e. The van der Waals surface area contributed by atoms with Crippen LogP contribution in [0.1, 0.15) is 76.7 Å². The van der Waals surface area contributed by atoms with Crippen LogP contribution in [-0.4, -0.2) is 21.8 Å². The Morgan fingerprint density at radius 3 is 1.90 bits per heavy atom. The zero-order valence-corrected chi connectivity index (χ0v) is 18.8. The van der Waals surface area contributed by atoms with Gasteiger partial charge in [0, 0.05) is 16.5 Å². The van der Waals surface area contributed by atoms with Gasteiger partial charge in [-0.2, -0.15) is 0 Å². The quantitative estimate of drug-likeness (QED) is 0.268. The van der Waals surface area contributed by atoms with E-state index in [4.69, 9.17) is 0 Å². The minimum absolute atomic E-state index is 0.0461. The Morgan fingerprint density at radius 1 is 0.759 bits per heavy atom. The summed E-state index contributed by atoms with van der Waals surface area (Å²) >= 11 is 3.40. The first kappa shape index (κ1) is 23.4. The van der Waals surface area contributed by atoms with Crippen molar-refractivity contribution in [2.24, 2.45) is 0 Å². The lowest BCUT2D eigenvalue weighted by atomic mass is 9.87. The van der Waals surface area contributed by atoms with Crippen molar-refractivity contribution in [1.29, 1.82) is 0 Å². The maximum absolute atomic E-state index is 12.6. The lowest BCUT2D eigenvalue weighted by molar-refractivity contribution is -0.120. The number of carbonyl (C=O) groups excluding carboxylic acids is 2. The first-order chi connectivity index (χ1) is 14.0. The minimum Gasteiger partial charge on any atom is -0.504 e. The molecule has 2 N–H and O–H groups in total. The predicted octanol–water partition coefficient (Wildman–Crippen LogP) is 6.69. The molecule has 29 heavy (non-hydrogen) atoms. The molecule has 0 bridgehead atoms. The van der Waals surface area contributed by atoms with Crippen LogP contribution in [-0.2, 0) is 16.0 Å². The largest absolute Gasteiger partial charge is 0.504 e. The van der Waals surface area contributed by atoms with Crippen LogP contribution in [0.2, 0.25) is 0 Å². The van der Waals surface area contributed by atoms with Crippen molar-refractivity contribution < 1.29 is 19.8 Å². The second-order valence-corrected chi connectivity index (χ2v) is 8.51. The average Bonchev–Trinajstić information content (AvgIpc) is 2.72. The van der Waals surface area contributed by atoms with E-state index in [-0.39, 0.29) is 17.6 Å². The number of carbonyl (C=O) groups is 2. The number of Topliss-reactive ketones (excluding diaryl/α,β-unsaturated/α-hetero) is 2. The van der Waals surface area contributed by atoms with Crippen molar-refractivity contribution in [2.75, 3.05) is 0 Å². The SMILES string of the molecule is CCCCCCCCCCCC1=C(O)C(=O)C(Cc2ccccc2Br)=C(O)C1=O. The molecule has 0 atom stereocenters. The van der Waals surface area contributed by atoms with E-state index in [0.29, 0.717) is 6.42 Å². The van der Waals surface area contributed by atoms with E-state index in [0.717, 1.165) is 29.3 Å². The van der Waals surface area contributed by atoms with Crippen LogP contribution in [0, 0.1) is 0 Å². The molecule has 5 heteroatoms. The number of aliphatic hydroxyl groups excluding tert-OH is 2. The topological polar surface area (TPSA) is 74.6 Å². The molecule has 1 aliphatic rings. The van der Waals surface area contributed by atoms with Crippen molar-refractivity contribution in [3.05, 3.63) is 57.0 Å². The molecule has 0 heterocycles. The first-order valence-corrected chi connectivity index (χ1v) is 11.4. The first-order valence-electron chi connectivity index (χ1n) is 10.6. The standard InChI is InChI=1S/C24H31BrO4/c1-2-3-4-5-6-7-8-9-10-14-18-21(26)23(28)19(24(29)22(18)27)16-17-13-11-12-15-20(17)25/h11-13,15,26,29H,2-10,14,16H2,1H3. The number of allylic oxidation sites excluding steroid dienone is 2. The Morgan fingerprint density at radius 2 is 1.28 bits per heavy atom. The van der Waals surface area contributed by atoms with Crippen molar-refractivity contribution >= 4 is 27.5 Å². The molecule has 0 saturated carbocycles. The Labute approximate surface area is 181 Å². The number of halogens is 1. The Bertz CT molecular complexity index is 792. The predicted molar refractivity (Wildman–Crippen MR) is 119 cm³/mol. The fourth-order valence-electron chi connectivity index (χ4n) is 3.62. The van der Waals surface area contributed by atoms with Gasteiger partial charge in [-0.05, 0) is 24.5 Å². The monoisotopic (exact) mass is 462 g/mol.